The standard InChI is InChI=1S/C9H10F2N2O4S/c10-6-3-5(9(14)15)4-7(11)8(6)13-1-2-18(12,16)17/h3-4,13H,1-2H2,(H,14,15)(H2,12,16,17). The van der Waals surface area contributed by atoms with Gasteiger partial charge in [-0.05, 0) is 12.1 Å². The van der Waals surface area contributed by atoms with Crippen LogP contribution in [0.3, 0.4) is 0 Å². The summed E-state index contributed by atoms with van der Waals surface area (Å²) in [4.78, 5) is 10.5. The summed E-state index contributed by atoms with van der Waals surface area (Å²) in [6, 6.07) is 1.26. The van der Waals surface area contributed by atoms with Gasteiger partial charge in [0.15, 0.2) is 0 Å². The summed E-state index contributed by atoms with van der Waals surface area (Å²) in [5.74, 6) is -4.22. The number of sulfonamides is 1. The monoisotopic (exact) mass is 280 g/mol. The lowest BCUT2D eigenvalue weighted by Gasteiger charge is -2.08. The number of rotatable bonds is 5. The predicted octanol–water partition coefficient (Wildman–Crippen LogP) is 0.363. The van der Waals surface area contributed by atoms with Gasteiger partial charge >= 0.3 is 5.97 Å². The highest BCUT2D eigenvalue weighted by Crippen LogP contribution is 2.20. The topological polar surface area (TPSA) is 109 Å². The van der Waals surface area contributed by atoms with Gasteiger partial charge in [-0.3, -0.25) is 0 Å². The summed E-state index contributed by atoms with van der Waals surface area (Å²) >= 11 is 0. The van der Waals surface area contributed by atoms with E-state index in [1.54, 1.807) is 0 Å². The molecule has 0 saturated heterocycles. The summed E-state index contributed by atoms with van der Waals surface area (Å²) in [5, 5.41) is 15.5. The van der Waals surface area contributed by atoms with Gasteiger partial charge in [0.25, 0.3) is 0 Å². The van der Waals surface area contributed by atoms with E-state index >= 15 is 0 Å². The number of carbonyl (C=O) groups is 1. The lowest BCUT2D eigenvalue weighted by Crippen LogP contribution is -2.23. The summed E-state index contributed by atoms with van der Waals surface area (Å²) in [6.07, 6.45) is 0. The van der Waals surface area contributed by atoms with Crippen molar-refractivity contribution in [2.24, 2.45) is 5.14 Å². The Labute approximate surface area is 101 Å². The number of carboxylic acids is 1. The Kier molecular flexibility index (Phi) is 4.19. The smallest absolute Gasteiger partial charge is 0.335 e. The number of carboxylic acid groups (broad SMARTS) is 1. The van der Waals surface area contributed by atoms with Crippen LogP contribution in [0.15, 0.2) is 12.1 Å². The quantitative estimate of drug-likeness (QED) is 0.721. The summed E-state index contributed by atoms with van der Waals surface area (Å²) in [7, 11) is -3.74. The van der Waals surface area contributed by atoms with E-state index in [1.807, 2.05) is 0 Å². The SMILES string of the molecule is NS(=O)(=O)CCNc1c(F)cc(C(=O)O)cc1F. The number of anilines is 1. The Morgan fingerprint density at radius 1 is 1.33 bits per heavy atom. The highest BCUT2D eigenvalue weighted by molar-refractivity contribution is 7.89. The van der Waals surface area contributed by atoms with Gasteiger partial charge in [-0.25, -0.2) is 27.1 Å². The second kappa shape index (κ2) is 5.27. The van der Waals surface area contributed by atoms with Crippen LogP contribution < -0.4 is 10.5 Å². The largest absolute Gasteiger partial charge is 0.478 e. The van der Waals surface area contributed by atoms with Gasteiger partial charge in [0.1, 0.15) is 17.3 Å². The average molecular weight is 280 g/mol. The number of hydrogen-bond acceptors (Lipinski definition) is 4. The van der Waals surface area contributed by atoms with Crippen LogP contribution in [0.5, 0.6) is 0 Å². The van der Waals surface area contributed by atoms with Crippen LogP contribution in [0.1, 0.15) is 10.4 Å². The van der Waals surface area contributed by atoms with Crippen molar-refractivity contribution in [3.8, 4) is 0 Å². The third kappa shape index (κ3) is 3.93. The number of benzene rings is 1. The number of aromatic carboxylic acids is 1. The molecule has 18 heavy (non-hydrogen) atoms. The molecule has 0 aromatic heterocycles. The highest BCUT2D eigenvalue weighted by Gasteiger charge is 2.14. The fourth-order valence-electron chi connectivity index (χ4n) is 1.18. The predicted molar refractivity (Wildman–Crippen MR) is 59.8 cm³/mol. The molecule has 0 heterocycles. The van der Waals surface area contributed by atoms with Crippen LogP contribution in [0.4, 0.5) is 14.5 Å². The number of nitrogens with one attached hydrogen (secondary N) is 1. The number of primary sulfonamides is 1. The molecule has 0 bridgehead atoms. The van der Waals surface area contributed by atoms with Crippen molar-refractivity contribution in [2.75, 3.05) is 17.6 Å². The van der Waals surface area contributed by atoms with Crippen molar-refractivity contribution < 1.29 is 27.1 Å². The molecule has 9 heteroatoms. The van der Waals surface area contributed by atoms with Gasteiger partial charge in [-0.15, -0.1) is 0 Å². The Hall–Kier alpha value is -1.74. The molecule has 0 atom stereocenters. The Morgan fingerprint density at radius 2 is 1.83 bits per heavy atom. The van der Waals surface area contributed by atoms with Crippen LogP contribution in [0.25, 0.3) is 0 Å². The van der Waals surface area contributed by atoms with Crippen molar-refractivity contribution in [1.82, 2.24) is 0 Å². The lowest BCUT2D eigenvalue weighted by molar-refractivity contribution is 0.0696. The van der Waals surface area contributed by atoms with Crippen molar-refractivity contribution in [3.63, 3.8) is 0 Å². The minimum Gasteiger partial charge on any atom is -0.478 e. The molecule has 0 amide bonds. The molecule has 0 aliphatic carbocycles. The molecule has 1 aromatic carbocycles. The van der Waals surface area contributed by atoms with E-state index in [1.165, 1.54) is 0 Å². The third-order valence-electron chi connectivity index (χ3n) is 1.98. The van der Waals surface area contributed by atoms with Gasteiger partial charge < -0.3 is 10.4 Å². The first-order valence-corrected chi connectivity index (χ1v) is 6.39. The zero-order valence-corrected chi connectivity index (χ0v) is 9.80. The van der Waals surface area contributed by atoms with E-state index in [4.69, 9.17) is 10.2 Å². The molecule has 0 aliphatic rings. The molecule has 0 saturated carbocycles. The fraction of sp³-hybridized carbons (Fsp3) is 0.222. The molecule has 1 rings (SSSR count). The van der Waals surface area contributed by atoms with Crippen LogP contribution in [0.2, 0.25) is 0 Å². The van der Waals surface area contributed by atoms with Gasteiger partial charge in [-0.2, -0.15) is 0 Å². The van der Waals surface area contributed by atoms with Crippen LogP contribution in [-0.2, 0) is 10.0 Å². The fourth-order valence-corrected chi connectivity index (χ4v) is 1.57. The second-order valence-corrected chi connectivity index (χ2v) is 5.15. The van der Waals surface area contributed by atoms with Gasteiger partial charge in [0, 0.05) is 6.54 Å². The summed E-state index contributed by atoms with van der Waals surface area (Å²) in [6.45, 7) is -0.293. The van der Waals surface area contributed by atoms with E-state index in [0.717, 1.165) is 0 Å². The number of hydrogen-bond donors (Lipinski definition) is 3. The van der Waals surface area contributed by atoms with E-state index in [2.05, 4.69) is 5.32 Å². The Morgan fingerprint density at radius 3 is 2.22 bits per heavy atom. The summed E-state index contributed by atoms with van der Waals surface area (Å²) < 4.78 is 47.9. The van der Waals surface area contributed by atoms with Crippen LogP contribution in [0, 0.1) is 11.6 Å². The molecule has 4 N–H and O–H groups in total. The van der Waals surface area contributed by atoms with Crippen molar-refractivity contribution in [1.29, 1.82) is 0 Å². The Balaban J connectivity index is 2.87. The average Bonchev–Trinajstić information content (AvgIpc) is 2.20. The maximum Gasteiger partial charge on any atom is 0.335 e. The van der Waals surface area contributed by atoms with Gasteiger partial charge in [0.05, 0.1) is 11.3 Å². The first kappa shape index (κ1) is 14.3. The van der Waals surface area contributed by atoms with E-state index in [9.17, 15) is 22.0 Å². The normalized spacial score (nSPS) is 11.3. The maximum absolute atomic E-state index is 13.3. The highest BCUT2D eigenvalue weighted by atomic mass is 32.2. The molecule has 0 aliphatic heterocycles. The molecule has 1 aromatic rings. The molecular weight excluding hydrogens is 270 g/mol. The van der Waals surface area contributed by atoms with E-state index in [-0.39, 0.29) is 6.54 Å². The molecule has 0 spiro atoms. The van der Waals surface area contributed by atoms with Gasteiger partial charge in [0.2, 0.25) is 10.0 Å². The first-order valence-electron chi connectivity index (χ1n) is 4.67. The minimum absolute atomic E-state index is 0.293. The van der Waals surface area contributed by atoms with Crippen molar-refractivity contribution >= 4 is 21.7 Å². The third-order valence-corrected chi connectivity index (χ3v) is 2.75. The van der Waals surface area contributed by atoms with E-state index < -0.39 is 44.6 Å². The molecular formula is C9H10F2N2O4S. The minimum atomic E-state index is -3.74. The van der Waals surface area contributed by atoms with Crippen molar-refractivity contribution in [3.05, 3.63) is 29.3 Å². The second-order valence-electron chi connectivity index (χ2n) is 3.41. The number of halogens is 2. The molecule has 0 fully saturated rings. The molecule has 100 valence electrons. The first-order chi connectivity index (χ1) is 8.20. The Bertz CT molecular complexity index is 551. The van der Waals surface area contributed by atoms with Crippen LogP contribution in [-0.4, -0.2) is 31.8 Å². The van der Waals surface area contributed by atoms with E-state index in [0.29, 0.717) is 12.1 Å². The van der Waals surface area contributed by atoms with Crippen LogP contribution >= 0.6 is 0 Å². The van der Waals surface area contributed by atoms with Crippen molar-refractivity contribution in [2.45, 2.75) is 0 Å². The number of nitrogens with two attached hydrogens (primary N) is 1. The van der Waals surface area contributed by atoms with Gasteiger partial charge in [-0.1, -0.05) is 0 Å². The zero-order chi connectivity index (χ0) is 13.9. The maximum atomic E-state index is 13.3. The summed E-state index contributed by atoms with van der Waals surface area (Å²) in [5.41, 5.74) is -1.13. The molecule has 0 unspecified atom stereocenters. The molecule has 6 nitrogen and oxygen atoms in total. The molecule has 0 radical (unpaired) electrons. The lowest BCUT2D eigenvalue weighted by atomic mass is 10.2. The zero-order valence-electron chi connectivity index (χ0n) is 8.98.